The highest BCUT2D eigenvalue weighted by molar-refractivity contribution is 6.04. The van der Waals surface area contributed by atoms with Crippen LogP contribution in [0.1, 0.15) is 21.5 Å². The topological polar surface area (TPSA) is 41.6 Å². The number of hydrogen-bond donors (Lipinski definition) is 1. The first kappa shape index (κ1) is 20.7. The number of amides is 1. The third-order valence-corrected chi connectivity index (χ3v) is 3.67. The van der Waals surface area contributed by atoms with Crippen molar-refractivity contribution in [3.63, 3.8) is 0 Å². The smallest absolute Gasteiger partial charge is 0.416 e. The van der Waals surface area contributed by atoms with Gasteiger partial charge in [-0.05, 0) is 50.8 Å². The molecule has 0 unspecified atom stereocenters. The predicted molar refractivity (Wildman–Crippen MR) is 94.6 cm³/mol. The van der Waals surface area contributed by atoms with E-state index in [4.69, 9.17) is 4.74 Å². The molecular formula is C19H20F4N2O2. The largest absolute Gasteiger partial charge is 0.492 e. The van der Waals surface area contributed by atoms with Crippen LogP contribution in [0.3, 0.4) is 0 Å². The van der Waals surface area contributed by atoms with Crippen molar-refractivity contribution in [3.8, 4) is 5.75 Å². The fourth-order valence-corrected chi connectivity index (χ4v) is 2.27. The number of halogens is 4. The summed E-state index contributed by atoms with van der Waals surface area (Å²) >= 11 is 0. The lowest BCUT2D eigenvalue weighted by atomic mass is 10.1. The average Bonchev–Trinajstić information content (AvgIpc) is 2.53. The molecule has 0 aliphatic rings. The normalized spacial score (nSPS) is 11.6. The highest BCUT2D eigenvalue weighted by Crippen LogP contribution is 2.34. The van der Waals surface area contributed by atoms with Gasteiger partial charge < -0.3 is 15.0 Å². The van der Waals surface area contributed by atoms with E-state index in [0.29, 0.717) is 12.1 Å². The lowest BCUT2D eigenvalue weighted by molar-refractivity contribution is -0.137. The molecule has 0 atom stereocenters. The Balaban J connectivity index is 2.27. The Bertz CT molecular complexity index is 820. The lowest BCUT2D eigenvalue weighted by Crippen LogP contribution is -2.20. The molecule has 0 radical (unpaired) electrons. The van der Waals surface area contributed by atoms with Gasteiger partial charge in [-0.15, -0.1) is 0 Å². The van der Waals surface area contributed by atoms with E-state index in [9.17, 15) is 22.4 Å². The van der Waals surface area contributed by atoms with Gasteiger partial charge in [-0.2, -0.15) is 13.2 Å². The Morgan fingerprint density at radius 1 is 1.15 bits per heavy atom. The van der Waals surface area contributed by atoms with Gasteiger partial charge in [0, 0.05) is 18.3 Å². The Hall–Kier alpha value is -2.61. The number of nitrogens with zero attached hydrogens (tertiary/aromatic N) is 1. The SMILES string of the molecule is Cc1ccc(C(=O)Nc2cc(OCCN(C)C)cc(C(F)(F)F)c2)c(F)c1. The first-order valence-electron chi connectivity index (χ1n) is 8.13. The Kier molecular flexibility index (Phi) is 6.43. The maximum absolute atomic E-state index is 13.9. The fourth-order valence-electron chi connectivity index (χ4n) is 2.27. The molecule has 4 nitrogen and oxygen atoms in total. The number of likely N-dealkylation sites (N-methyl/N-ethyl adjacent to an activating group) is 1. The van der Waals surface area contributed by atoms with Crippen LogP contribution in [0, 0.1) is 12.7 Å². The highest BCUT2D eigenvalue weighted by atomic mass is 19.4. The number of ether oxygens (including phenoxy) is 1. The van der Waals surface area contributed by atoms with Crippen molar-refractivity contribution in [2.75, 3.05) is 32.6 Å². The zero-order chi connectivity index (χ0) is 20.2. The monoisotopic (exact) mass is 384 g/mol. The molecule has 2 aromatic rings. The summed E-state index contributed by atoms with van der Waals surface area (Å²) < 4.78 is 58.7. The van der Waals surface area contributed by atoms with E-state index in [1.165, 1.54) is 18.2 Å². The Morgan fingerprint density at radius 2 is 1.85 bits per heavy atom. The van der Waals surface area contributed by atoms with E-state index in [1.807, 2.05) is 4.90 Å². The van der Waals surface area contributed by atoms with Gasteiger partial charge in [0.25, 0.3) is 5.91 Å². The standard InChI is InChI=1S/C19H20F4N2O2/c1-12-4-5-16(17(20)8-12)18(26)24-14-9-13(19(21,22)23)10-15(11-14)27-7-6-25(2)3/h4-5,8-11H,6-7H2,1-3H3,(H,24,26). The molecule has 8 heteroatoms. The number of anilines is 1. The zero-order valence-corrected chi connectivity index (χ0v) is 15.2. The van der Waals surface area contributed by atoms with Gasteiger partial charge in [-0.1, -0.05) is 6.07 Å². The number of carbonyl (C=O) groups excluding carboxylic acids is 1. The molecule has 27 heavy (non-hydrogen) atoms. The van der Waals surface area contributed by atoms with Crippen LogP contribution < -0.4 is 10.1 Å². The van der Waals surface area contributed by atoms with E-state index < -0.39 is 23.5 Å². The second kappa shape index (κ2) is 8.39. The first-order valence-corrected chi connectivity index (χ1v) is 8.13. The maximum Gasteiger partial charge on any atom is 0.416 e. The van der Waals surface area contributed by atoms with Gasteiger partial charge >= 0.3 is 6.18 Å². The summed E-state index contributed by atoms with van der Waals surface area (Å²) in [6.45, 7) is 2.34. The summed E-state index contributed by atoms with van der Waals surface area (Å²) in [5.41, 5.74) is -0.730. The quantitative estimate of drug-likeness (QED) is 0.753. The molecule has 146 valence electrons. The van der Waals surface area contributed by atoms with E-state index in [1.54, 1.807) is 27.1 Å². The molecule has 0 spiro atoms. The van der Waals surface area contributed by atoms with Crippen LogP contribution in [0.25, 0.3) is 0 Å². The van der Waals surface area contributed by atoms with Gasteiger partial charge in [0.05, 0.1) is 11.1 Å². The molecule has 0 fully saturated rings. The maximum atomic E-state index is 13.9. The van der Waals surface area contributed by atoms with Crippen molar-refractivity contribution in [1.29, 1.82) is 0 Å². The first-order chi connectivity index (χ1) is 12.6. The van der Waals surface area contributed by atoms with E-state index in [0.717, 1.165) is 12.1 Å². The lowest BCUT2D eigenvalue weighted by Gasteiger charge is -2.15. The molecular weight excluding hydrogens is 364 g/mol. The molecule has 1 N–H and O–H groups in total. The molecule has 0 saturated carbocycles. The van der Waals surface area contributed by atoms with Crippen molar-refractivity contribution < 1.29 is 27.1 Å². The van der Waals surface area contributed by atoms with Crippen molar-refractivity contribution >= 4 is 11.6 Å². The molecule has 0 aromatic heterocycles. The Morgan fingerprint density at radius 3 is 2.44 bits per heavy atom. The minimum atomic E-state index is -4.62. The molecule has 2 aromatic carbocycles. The fraction of sp³-hybridized carbons (Fsp3) is 0.316. The molecule has 0 aliphatic heterocycles. The van der Waals surface area contributed by atoms with Crippen LogP contribution in [0.15, 0.2) is 36.4 Å². The molecule has 2 rings (SSSR count). The number of nitrogens with one attached hydrogen (secondary N) is 1. The second-order valence-electron chi connectivity index (χ2n) is 6.33. The van der Waals surface area contributed by atoms with Gasteiger partial charge in [0.1, 0.15) is 18.2 Å². The van der Waals surface area contributed by atoms with Crippen molar-refractivity contribution in [3.05, 3.63) is 58.9 Å². The van der Waals surface area contributed by atoms with Crippen LogP contribution in [0.5, 0.6) is 5.75 Å². The number of hydrogen-bond acceptors (Lipinski definition) is 3. The third kappa shape index (κ3) is 5.96. The predicted octanol–water partition coefficient (Wildman–Crippen LogP) is 4.35. The molecule has 1 amide bonds. The number of alkyl halides is 3. The third-order valence-electron chi connectivity index (χ3n) is 3.67. The summed E-state index contributed by atoms with van der Waals surface area (Å²) in [6, 6.07) is 6.91. The van der Waals surface area contributed by atoms with E-state index in [-0.39, 0.29) is 23.6 Å². The molecule has 0 bridgehead atoms. The minimum Gasteiger partial charge on any atom is -0.492 e. The summed E-state index contributed by atoms with van der Waals surface area (Å²) in [6.07, 6.45) is -4.62. The van der Waals surface area contributed by atoms with Crippen LogP contribution in [0.4, 0.5) is 23.2 Å². The molecule has 0 heterocycles. The number of aryl methyl sites for hydroxylation is 1. The van der Waals surface area contributed by atoms with Crippen molar-refractivity contribution in [1.82, 2.24) is 4.90 Å². The minimum absolute atomic E-state index is 0.0358. The highest BCUT2D eigenvalue weighted by Gasteiger charge is 2.31. The van der Waals surface area contributed by atoms with Gasteiger partial charge in [0.15, 0.2) is 0 Å². The van der Waals surface area contributed by atoms with Crippen molar-refractivity contribution in [2.45, 2.75) is 13.1 Å². The van der Waals surface area contributed by atoms with Gasteiger partial charge in [-0.3, -0.25) is 4.79 Å². The Labute approximate surface area is 154 Å². The average molecular weight is 384 g/mol. The number of carbonyl (C=O) groups is 1. The van der Waals surface area contributed by atoms with E-state index in [2.05, 4.69) is 5.32 Å². The summed E-state index contributed by atoms with van der Waals surface area (Å²) in [5, 5.41) is 2.30. The van der Waals surface area contributed by atoms with Gasteiger partial charge in [-0.25, -0.2) is 4.39 Å². The van der Waals surface area contributed by atoms with E-state index >= 15 is 0 Å². The zero-order valence-electron chi connectivity index (χ0n) is 15.2. The van der Waals surface area contributed by atoms with Crippen LogP contribution in [-0.4, -0.2) is 38.1 Å². The number of rotatable bonds is 6. The van der Waals surface area contributed by atoms with Crippen LogP contribution >= 0.6 is 0 Å². The second-order valence-corrected chi connectivity index (χ2v) is 6.33. The van der Waals surface area contributed by atoms with Gasteiger partial charge in [0.2, 0.25) is 0 Å². The summed E-state index contributed by atoms with van der Waals surface area (Å²) in [5.74, 6) is -1.63. The van der Waals surface area contributed by atoms with Crippen LogP contribution in [0.2, 0.25) is 0 Å². The molecule has 0 saturated heterocycles. The summed E-state index contributed by atoms with van der Waals surface area (Å²) in [7, 11) is 3.61. The van der Waals surface area contributed by atoms with Crippen LogP contribution in [-0.2, 0) is 6.18 Å². The van der Waals surface area contributed by atoms with Crippen molar-refractivity contribution in [2.24, 2.45) is 0 Å². The summed E-state index contributed by atoms with van der Waals surface area (Å²) in [4.78, 5) is 14.1. The number of benzene rings is 2. The molecule has 0 aliphatic carbocycles.